The van der Waals surface area contributed by atoms with Gasteiger partial charge in [0.25, 0.3) is 0 Å². The fraction of sp³-hybridized carbons (Fsp3) is 0.696. The highest BCUT2D eigenvalue weighted by Gasteiger charge is 2.27. The quantitative estimate of drug-likeness (QED) is 0.0216. The van der Waals surface area contributed by atoms with Gasteiger partial charge in [0.15, 0.2) is 6.10 Å². The lowest BCUT2D eigenvalue weighted by Crippen LogP contribution is -2.37. The number of carbonyl (C=O) groups is 2. The van der Waals surface area contributed by atoms with Gasteiger partial charge in [0.1, 0.15) is 19.8 Å². The van der Waals surface area contributed by atoms with Crippen LogP contribution in [0, 0.1) is 0 Å². The van der Waals surface area contributed by atoms with Gasteiger partial charge < -0.3 is 18.9 Å². The highest BCUT2D eigenvalue weighted by atomic mass is 31.2. The average molecular weight is 807 g/mol. The van der Waals surface area contributed by atoms with Crippen LogP contribution in [0.1, 0.15) is 155 Å². The average Bonchev–Trinajstić information content (AvgIpc) is 3.15. The molecule has 0 aliphatic carbocycles. The Bertz CT molecular complexity index is 1180. The zero-order chi connectivity index (χ0) is 41.4. The first-order chi connectivity index (χ1) is 27.0. The molecule has 322 valence electrons. The molecular formula is C46H81NO8P+. The maximum absolute atomic E-state index is 12.7. The van der Waals surface area contributed by atoms with Crippen molar-refractivity contribution in [1.82, 2.24) is 0 Å². The first-order valence-corrected chi connectivity index (χ1v) is 23.2. The molecule has 2 atom stereocenters. The van der Waals surface area contributed by atoms with E-state index in [2.05, 4.69) is 80.7 Å². The van der Waals surface area contributed by atoms with Gasteiger partial charge in [0, 0.05) is 12.8 Å². The molecule has 0 fully saturated rings. The lowest BCUT2D eigenvalue weighted by Gasteiger charge is -2.24. The molecule has 0 aromatic carbocycles. The second kappa shape index (κ2) is 38.0. The lowest BCUT2D eigenvalue weighted by atomic mass is 10.1. The molecule has 0 bridgehead atoms. The zero-order valence-corrected chi connectivity index (χ0v) is 37.0. The predicted octanol–water partition coefficient (Wildman–Crippen LogP) is 12.2. The van der Waals surface area contributed by atoms with Crippen LogP contribution in [0.15, 0.2) is 72.9 Å². The number of quaternary nitrogens is 1. The molecule has 0 amide bonds. The van der Waals surface area contributed by atoms with Crippen molar-refractivity contribution in [2.45, 2.75) is 161 Å². The van der Waals surface area contributed by atoms with Crippen molar-refractivity contribution in [2.24, 2.45) is 0 Å². The SMILES string of the molecule is CC/C=C/C/C=C/C/C=C/C/C=C/C/C=C/CCCC(=O)O[C@H](COC(=O)CCCCCCC/C=C/CCCCCCCC)COP(=O)(O)OCC[N+](C)(C)C. The summed E-state index contributed by atoms with van der Waals surface area (Å²) in [5.41, 5.74) is 0. The summed E-state index contributed by atoms with van der Waals surface area (Å²) in [6.07, 6.45) is 46.7. The largest absolute Gasteiger partial charge is 0.472 e. The van der Waals surface area contributed by atoms with Gasteiger partial charge in [-0.3, -0.25) is 18.6 Å². The molecule has 56 heavy (non-hydrogen) atoms. The molecule has 0 spiro atoms. The van der Waals surface area contributed by atoms with E-state index in [1.54, 1.807) is 0 Å². The molecule has 0 aromatic rings. The highest BCUT2D eigenvalue weighted by molar-refractivity contribution is 7.47. The maximum atomic E-state index is 12.7. The molecule has 0 heterocycles. The molecule has 1 unspecified atom stereocenters. The summed E-state index contributed by atoms with van der Waals surface area (Å²) in [6, 6.07) is 0. The van der Waals surface area contributed by atoms with Crippen molar-refractivity contribution < 1.29 is 42.1 Å². The van der Waals surface area contributed by atoms with Crippen molar-refractivity contribution in [3.63, 3.8) is 0 Å². The van der Waals surface area contributed by atoms with E-state index in [0.717, 1.165) is 70.6 Å². The van der Waals surface area contributed by atoms with E-state index >= 15 is 0 Å². The number of esters is 2. The number of phosphoric acid groups is 1. The van der Waals surface area contributed by atoms with E-state index in [1.807, 2.05) is 27.2 Å². The fourth-order valence-electron chi connectivity index (χ4n) is 5.34. The molecule has 0 saturated heterocycles. The van der Waals surface area contributed by atoms with E-state index in [4.69, 9.17) is 18.5 Å². The number of rotatable bonds is 38. The van der Waals surface area contributed by atoms with Crippen molar-refractivity contribution >= 4 is 19.8 Å². The number of hydrogen-bond acceptors (Lipinski definition) is 7. The Morgan fingerprint density at radius 2 is 1.04 bits per heavy atom. The Labute approximate surface area is 342 Å². The van der Waals surface area contributed by atoms with Gasteiger partial charge in [0.05, 0.1) is 27.7 Å². The van der Waals surface area contributed by atoms with Gasteiger partial charge in [-0.15, -0.1) is 0 Å². The third kappa shape index (κ3) is 41.1. The lowest BCUT2D eigenvalue weighted by molar-refractivity contribution is -0.870. The Kier molecular flexibility index (Phi) is 36.3. The second-order valence-electron chi connectivity index (χ2n) is 15.3. The third-order valence-corrected chi connectivity index (χ3v) is 9.70. The van der Waals surface area contributed by atoms with E-state index < -0.39 is 32.5 Å². The predicted molar refractivity (Wildman–Crippen MR) is 233 cm³/mol. The minimum atomic E-state index is -4.39. The van der Waals surface area contributed by atoms with Crippen molar-refractivity contribution in [2.75, 3.05) is 47.5 Å². The molecule has 0 aliphatic rings. The number of nitrogens with zero attached hydrogens (tertiary/aromatic N) is 1. The summed E-state index contributed by atoms with van der Waals surface area (Å²) in [6.45, 7) is 4.21. The molecule has 0 aliphatic heterocycles. The summed E-state index contributed by atoms with van der Waals surface area (Å²) in [5.74, 6) is -0.883. The van der Waals surface area contributed by atoms with Gasteiger partial charge in [-0.05, 0) is 77.0 Å². The van der Waals surface area contributed by atoms with E-state index in [1.165, 1.54) is 44.9 Å². The van der Waals surface area contributed by atoms with E-state index in [0.29, 0.717) is 23.9 Å². The Hall–Kier alpha value is -2.55. The number of ether oxygens (including phenoxy) is 2. The van der Waals surface area contributed by atoms with Crippen LogP contribution >= 0.6 is 7.82 Å². The first-order valence-electron chi connectivity index (χ1n) is 21.7. The molecule has 0 radical (unpaired) electrons. The summed E-state index contributed by atoms with van der Waals surface area (Å²) < 4.78 is 34.2. The van der Waals surface area contributed by atoms with Gasteiger partial charge in [-0.1, -0.05) is 138 Å². The van der Waals surface area contributed by atoms with Crippen molar-refractivity contribution in [3.05, 3.63) is 72.9 Å². The minimum absolute atomic E-state index is 0.0163. The van der Waals surface area contributed by atoms with Crippen LogP contribution in [0.2, 0.25) is 0 Å². The van der Waals surface area contributed by atoms with Crippen LogP contribution in [0.25, 0.3) is 0 Å². The summed E-state index contributed by atoms with van der Waals surface area (Å²) in [7, 11) is 1.42. The molecule has 9 nitrogen and oxygen atoms in total. The monoisotopic (exact) mass is 807 g/mol. The summed E-state index contributed by atoms with van der Waals surface area (Å²) in [4.78, 5) is 35.3. The molecule has 10 heteroatoms. The van der Waals surface area contributed by atoms with Crippen LogP contribution in [0.3, 0.4) is 0 Å². The Balaban J connectivity index is 4.50. The maximum Gasteiger partial charge on any atom is 0.472 e. The van der Waals surface area contributed by atoms with Crippen LogP contribution in [0.5, 0.6) is 0 Å². The number of hydrogen-bond donors (Lipinski definition) is 1. The van der Waals surface area contributed by atoms with Crippen molar-refractivity contribution in [3.8, 4) is 0 Å². The standard InChI is InChI=1S/C46H80NO8P/c1-6-8-10-12-14-16-18-20-22-23-25-27-29-31-33-35-37-39-46(49)55-44(43-54-56(50,51)53-41-40-47(3,4)5)42-52-45(48)38-36-34-32-30-28-26-24-21-19-17-15-13-11-9-7-2/h8,10,14,16,20-22,24-25,27,31,33,44H,6-7,9,11-13,15,17-19,23,26,28-30,32,34-43H2,1-5H3/p+1/b10-8+,16-14+,22-20+,24-21+,27-25+,33-31+/t44-/m1/s1. The molecule has 0 saturated carbocycles. The van der Waals surface area contributed by atoms with Gasteiger partial charge in [0.2, 0.25) is 0 Å². The Morgan fingerprint density at radius 1 is 0.571 bits per heavy atom. The summed E-state index contributed by atoms with van der Waals surface area (Å²) >= 11 is 0. The van der Waals surface area contributed by atoms with Gasteiger partial charge in [-0.25, -0.2) is 4.57 Å². The van der Waals surface area contributed by atoms with E-state index in [-0.39, 0.29) is 26.1 Å². The molecular weight excluding hydrogens is 725 g/mol. The second-order valence-corrected chi connectivity index (χ2v) is 16.8. The smallest absolute Gasteiger partial charge is 0.462 e. The van der Waals surface area contributed by atoms with Gasteiger partial charge in [-0.2, -0.15) is 0 Å². The number of unbranched alkanes of at least 4 members (excludes halogenated alkanes) is 12. The Morgan fingerprint density at radius 3 is 1.59 bits per heavy atom. The topological polar surface area (TPSA) is 108 Å². The number of allylic oxidation sites excluding steroid dienone is 12. The van der Waals surface area contributed by atoms with Crippen LogP contribution in [-0.4, -0.2) is 74.9 Å². The van der Waals surface area contributed by atoms with Gasteiger partial charge >= 0.3 is 19.8 Å². The molecule has 0 rings (SSSR count). The summed E-state index contributed by atoms with van der Waals surface area (Å²) in [5, 5.41) is 0. The normalized spacial score (nSPS) is 14.3. The first kappa shape index (κ1) is 53.5. The van der Waals surface area contributed by atoms with Crippen LogP contribution in [-0.2, 0) is 32.7 Å². The number of carbonyl (C=O) groups excluding carboxylic acids is 2. The zero-order valence-electron chi connectivity index (χ0n) is 36.1. The van der Waals surface area contributed by atoms with E-state index in [9.17, 15) is 19.0 Å². The molecule has 1 N–H and O–H groups in total. The number of phosphoric ester groups is 1. The van der Waals surface area contributed by atoms with Crippen LogP contribution in [0.4, 0.5) is 0 Å². The number of likely N-dealkylation sites (N-methyl/N-ethyl adjacent to an activating group) is 1. The third-order valence-electron chi connectivity index (χ3n) is 8.72. The highest BCUT2D eigenvalue weighted by Crippen LogP contribution is 2.43. The van der Waals surface area contributed by atoms with Crippen molar-refractivity contribution in [1.29, 1.82) is 0 Å². The minimum Gasteiger partial charge on any atom is -0.462 e. The fourth-order valence-corrected chi connectivity index (χ4v) is 6.08. The molecule has 0 aromatic heterocycles. The van der Waals surface area contributed by atoms with Crippen LogP contribution < -0.4 is 0 Å².